The molecule has 0 aliphatic rings. The average Bonchev–Trinajstić information content (AvgIpc) is 2.35. The van der Waals surface area contributed by atoms with Gasteiger partial charge in [-0.3, -0.25) is 9.71 Å². The highest BCUT2D eigenvalue weighted by Crippen LogP contribution is 2.13. The van der Waals surface area contributed by atoms with Crippen LogP contribution in [0.25, 0.3) is 5.57 Å². The Morgan fingerprint density at radius 1 is 1.50 bits per heavy atom. The number of hydrogen-bond donors (Lipinski definition) is 1. The minimum atomic E-state index is -3.30. The molecule has 1 heterocycles. The molecule has 5 nitrogen and oxygen atoms in total. The second-order valence-electron chi connectivity index (χ2n) is 3.54. The summed E-state index contributed by atoms with van der Waals surface area (Å²) in [4.78, 5) is 8.18. The van der Waals surface area contributed by atoms with Crippen molar-refractivity contribution in [2.24, 2.45) is 4.99 Å². The summed E-state index contributed by atoms with van der Waals surface area (Å²) in [5.41, 5.74) is 1.52. The number of aromatic nitrogens is 1. The average molecular weight is 267 g/mol. The van der Waals surface area contributed by atoms with Crippen molar-refractivity contribution in [3.8, 4) is 0 Å². The third-order valence-corrected chi connectivity index (χ3v) is 3.54. The summed E-state index contributed by atoms with van der Waals surface area (Å²) < 4.78 is 25.3. The van der Waals surface area contributed by atoms with E-state index < -0.39 is 10.0 Å². The van der Waals surface area contributed by atoms with Crippen molar-refractivity contribution in [2.45, 2.75) is 13.8 Å². The lowest BCUT2D eigenvalue weighted by atomic mass is 10.2. The van der Waals surface area contributed by atoms with E-state index in [2.05, 4.69) is 14.7 Å². The van der Waals surface area contributed by atoms with E-state index in [9.17, 15) is 8.42 Å². The lowest BCUT2D eigenvalue weighted by Gasteiger charge is -2.07. The molecule has 0 amide bonds. The van der Waals surface area contributed by atoms with Gasteiger partial charge in [-0.05, 0) is 26.0 Å². The molecule has 0 aliphatic carbocycles. The summed E-state index contributed by atoms with van der Waals surface area (Å²) in [7, 11) is -1.63. The summed E-state index contributed by atoms with van der Waals surface area (Å²) in [6, 6.07) is 5.18. The summed E-state index contributed by atoms with van der Waals surface area (Å²) >= 11 is 0. The molecule has 18 heavy (non-hydrogen) atoms. The molecule has 0 spiro atoms. The van der Waals surface area contributed by atoms with Crippen LogP contribution in [0.15, 0.2) is 29.3 Å². The van der Waals surface area contributed by atoms with Gasteiger partial charge in [-0.1, -0.05) is 12.1 Å². The number of anilines is 1. The molecule has 0 unspecified atom stereocenters. The van der Waals surface area contributed by atoms with E-state index in [1.807, 2.05) is 13.0 Å². The third kappa shape index (κ3) is 3.96. The molecule has 6 heteroatoms. The lowest BCUT2D eigenvalue weighted by Crippen LogP contribution is -2.15. The maximum Gasteiger partial charge on any atom is 0.233 e. The van der Waals surface area contributed by atoms with Crippen molar-refractivity contribution < 1.29 is 8.42 Å². The van der Waals surface area contributed by atoms with E-state index >= 15 is 0 Å². The largest absolute Gasteiger partial charge is 0.296 e. The summed E-state index contributed by atoms with van der Waals surface area (Å²) in [5.74, 6) is 0.337. The Morgan fingerprint density at radius 2 is 2.22 bits per heavy atom. The quantitative estimate of drug-likeness (QED) is 0.829. The Morgan fingerprint density at radius 3 is 2.78 bits per heavy atom. The minimum absolute atomic E-state index is 0.0196. The number of nitrogens with zero attached hydrogens (tertiary/aromatic N) is 2. The molecule has 0 aliphatic heterocycles. The van der Waals surface area contributed by atoms with Gasteiger partial charge in [0.25, 0.3) is 0 Å². The fourth-order valence-corrected chi connectivity index (χ4v) is 1.89. The van der Waals surface area contributed by atoms with E-state index in [4.69, 9.17) is 0 Å². The molecule has 98 valence electrons. The van der Waals surface area contributed by atoms with Gasteiger partial charge in [0.1, 0.15) is 5.82 Å². The SMILES string of the molecule is C/C=C(\C=NC)c1cccc(NS(=O)(=O)CC)n1. The van der Waals surface area contributed by atoms with E-state index in [1.54, 1.807) is 38.4 Å². The van der Waals surface area contributed by atoms with Crippen LogP contribution in [0.4, 0.5) is 5.82 Å². The summed E-state index contributed by atoms with van der Waals surface area (Å²) in [6.07, 6.45) is 3.55. The Kier molecular flexibility index (Phi) is 5.03. The van der Waals surface area contributed by atoms with Crippen LogP contribution in [-0.2, 0) is 10.0 Å². The van der Waals surface area contributed by atoms with Crippen molar-refractivity contribution in [1.29, 1.82) is 0 Å². The van der Waals surface area contributed by atoms with E-state index in [0.29, 0.717) is 11.5 Å². The van der Waals surface area contributed by atoms with Gasteiger partial charge in [-0.25, -0.2) is 13.4 Å². The van der Waals surface area contributed by atoms with Crippen molar-refractivity contribution in [3.63, 3.8) is 0 Å². The molecule has 1 aromatic rings. The summed E-state index contributed by atoms with van der Waals surface area (Å²) in [6.45, 7) is 3.45. The number of allylic oxidation sites excluding steroid dienone is 2. The van der Waals surface area contributed by atoms with Crippen molar-refractivity contribution in [1.82, 2.24) is 4.98 Å². The monoisotopic (exact) mass is 267 g/mol. The molecule has 0 fully saturated rings. The molecule has 0 radical (unpaired) electrons. The second-order valence-corrected chi connectivity index (χ2v) is 5.56. The van der Waals surface area contributed by atoms with Crippen LogP contribution in [-0.4, -0.2) is 32.4 Å². The molecule has 0 saturated carbocycles. The molecular formula is C12H17N3O2S. The standard InChI is InChI=1S/C12H17N3O2S/c1-4-10(9-13-3)11-7-6-8-12(14-11)15-18(16,17)5-2/h4,6-9H,5H2,1-3H3,(H,14,15)/b10-4+,13-9?. The highest BCUT2D eigenvalue weighted by molar-refractivity contribution is 7.92. The van der Waals surface area contributed by atoms with E-state index in [0.717, 1.165) is 5.57 Å². The van der Waals surface area contributed by atoms with E-state index in [1.165, 1.54) is 0 Å². The van der Waals surface area contributed by atoms with Gasteiger partial charge in [0.2, 0.25) is 10.0 Å². The van der Waals surface area contributed by atoms with Crippen LogP contribution in [0.3, 0.4) is 0 Å². The first kappa shape index (κ1) is 14.4. The zero-order valence-corrected chi connectivity index (χ0v) is 11.5. The van der Waals surface area contributed by atoms with Crippen molar-refractivity contribution in [2.75, 3.05) is 17.5 Å². The predicted molar refractivity (Wildman–Crippen MR) is 75.4 cm³/mol. The topological polar surface area (TPSA) is 71.4 Å². The predicted octanol–water partition coefficient (Wildman–Crippen LogP) is 1.95. The maximum atomic E-state index is 11.5. The molecule has 1 N–H and O–H groups in total. The first-order valence-corrected chi connectivity index (χ1v) is 7.24. The highest BCUT2D eigenvalue weighted by atomic mass is 32.2. The fraction of sp³-hybridized carbons (Fsp3) is 0.333. The first-order chi connectivity index (χ1) is 8.52. The van der Waals surface area contributed by atoms with Gasteiger partial charge in [0.15, 0.2) is 0 Å². The number of hydrogen-bond acceptors (Lipinski definition) is 4. The molecule has 0 saturated heterocycles. The van der Waals surface area contributed by atoms with Gasteiger partial charge in [-0.2, -0.15) is 0 Å². The van der Waals surface area contributed by atoms with Gasteiger partial charge in [-0.15, -0.1) is 0 Å². The van der Waals surface area contributed by atoms with Gasteiger partial charge >= 0.3 is 0 Å². The number of nitrogens with one attached hydrogen (secondary N) is 1. The number of rotatable bonds is 5. The molecule has 1 rings (SSSR count). The van der Waals surface area contributed by atoms with Crippen LogP contribution in [0, 0.1) is 0 Å². The second kappa shape index (κ2) is 6.30. The third-order valence-electron chi connectivity index (χ3n) is 2.26. The minimum Gasteiger partial charge on any atom is -0.296 e. The molecule has 1 aromatic heterocycles. The number of pyridine rings is 1. The first-order valence-electron chi connectivity index (χ1n) is 5.58. The Hall–Kier alpha value is -1.69. The Labute approximate surface area is 108 Å². The van der Waals surface area contributed by atoms with Gasteiger partial charge in [0, 0.05) is 18.8 Å². The van der Waals surface area contributed by atoms with Gasteiger partial charge in [0.05, 0.1) is 11.4 Å². The summed E-state index contributed by atoms with van der Waals surface area (Å²) in [5, 5.41) is 0. The number of aliphatic imine (C=N–C) groups is 1. The molecule has 0 aromatic carbocycles. The zero-order chi connectivity index (χ0) is 13.6. The highest BCUT2D eigenvalue weighted by Gasteiger charge is 2.08. The maximum absolute atomic E-state index is 11.5. The number of sulfonamides is 1. The molecular weight excluding hydrogens is 250 g/mol. The van der Waals surface area contributed by atoms with Crippen LogP contribution >= 0.6 is 0 Å². The smallest absolute Gasteiger partial charge is 0.233 e. The van der Waals surface area contributed by atoms with E-state index in [-0.39, 0.29) is 5.75 Å². The molecule has 0 atom stereocenters. The van der Waals surface area contributed by atoms with Crippen LogP contribution in [0.1, 0.15) is 19.5 Å². The normalized spacial score (nSPS) is 12.9. The van der Waals surface area contributed by atoms with Crippen molar-refractivity contribution >= 4 is 27.6 Å². The lowest BCUT2D eigenvalue weighted by molar-refractivity contribution is 0.602. The fourth-order valence-electron chi connectivity index (χ4n) is 1.31. The Bertz CT molecular complexity index is 562. The van der Waals surface area contributed by atoms with Crippen LogP contribution < -0.4 is 4.72 Å². The van der Waals surface area contributed by atoms with Crippen LogP contribution in [0.5, 0.6) is 0 Å². The van der Waals surface area contributed by atoms with Gasteiger partial charge < -0.3 is 0 Å². The molecule has 0 bridgehead atoms. The van der Waals surface area contributed by atoms with Crippen LogP contribution in [0.2, 0.25) is 0 Å². The van der Waals surface area contributed by atoms with Crippen molar-refractivity contribution in [3.05, 3.63) is 30.0 Å². The Balaban J connectivity index is 3.07. The zero-order valence-electron chi connectivity index (χ0n) is 10.7.